The van der Waals surface area contributed by atoms with Crippen molar-refractivity contribution in [3.63, 3.8) is 0 Å². The number of pyridine rings is 1. The molecule has 3 rings (SSSR count). The average molecular weight is 293 g/mol. The molecule has 0 fully saturated rings. The van der Waals surface area contributed by atoms with Crippen LogP contribution in [0.25, 0.3) is 0 Å². The first kappa shape index (κ1) is 10.8. The highest BCUT2D eigenvalue weighted by Crippen LogP contribution is 2.25. The van der Waals surface area contributed by atoms with E-state index in [-0.39, 0.29) is 0 Å². The van der Waals surface area contributed by atoms with Crippen LogP contribution in [0.4, 0.5) is 5.69 Å². The van der Waals surface area contributed by atoms with E-state index in [1.807, 2.05) is 12.4 Å². The van der Waals surface area contributed by atoms with Gasteiger partial charge in [-0.15, -0.1) is 0 Å². The molecule has 0 atom stereocenters. The van der Waals surface area contributed by atoms with Crippen LogP contribution in [0.1, 0.15) is 17.7 Å². The molecule has 1 aliphatic heterocycles. The zero-order chi connectivity index (χ0) is 11.7. The first-order valence-electron chi connectivity index (χ1n) is 5.74. The minimum atomic E-state index is 0.907. The number of hydrogen-bond donors (Lipinski definition) is 0. The maximum Gasteiger partial charge on any atom is 0.108 e. The molecular weight excluding hydrogens is 280 g/mol. The lowest BCUT2D eigenvalue weighted by atomic mass is 10.2. The van der Waals surface area contributed by atoms with Crippen molar-refractivity contribution in [2.45, 2.75) is 19.4 Å². The molecule has 17 heavy (non-hydrogen) atoms. The van der Waals surface area contributed by atoms with E-state index in [4.69, 9.17) is 4.42 Å². The van der Waals surface area contributed by atoms with Gasteiger partial charge in [-0.25, -0.2) is 0 Å². The Morgan fingerprint density at radius 1 is 1.35 bits per heavy atom. The Balaban J connectivity index is 1.90. The van der Waals surface area contributed by atoms with Crippen molar-refractivity contribution >= 4 is 21.6 Å². The van der Waals surface area contributed by atoms with Gasteiger partial charge in [-0.3, -0.25) is 4.98 Å². The van der Waals surface area contributed by atoms with Gasteiger partial charge in [0.05, 0.1) is 18.1 Å². The number of rotatable bonds is 1. The van der Waals surface area contributed by atoms with Crippen molar-refractivity contribution in [3.8, 4) is 0 Å². The van der Waals surface area contributed by atoms with Gasteiger partial charge in [0.1, 0.15) is 5.76 Å². The topological polar surface area (TPSA) is 29.3 Å². The fourth-order valence-electron chi connectivity index (χ4n) is 2.24. The van der Waals surface area contributed by atoms with Crippen LogP contribution < -0.4 is 4.90 Å². The maximum atomic E-state index is 5.49. The molecular formula is C13H13BrN2O. The van der Waals surface area contributed by atoms with E-state index in [0.717, 1.165) is 41.9 Å². The highest BCUT2D eigenvalue weighted by atomic mass is 79.9. The number of aryl methyl sites for hydroxylation is 1. The molecule has 0 amide bonds. The van der Waals surface area contributed by atoms with Gasteiger partial charge >= 0.3 is 0 Å². The van der Waals surface area contributed by atoms with Crippen molar-refractivity contribution in [2.24, 2.45) is 0 Å². The molecule has 0 aromatic carbocycles. The second-order valence-electron chi connectivity index (χ2n) is 4.26. The summed E-state index contributed by atoms with van der Waals surface area (Å²) in [5, 5.41) is 0. The van der Waals surface area contributed by atoms with E-state index in [1.54, 1.807) is 6.26 Å². The Morgan fingerprint density at radius 2 is 2.29 bits per heavy atom. The molecule has 2 aromatic rings. The third-order valence-electron chi connectivity index (χ3n) is 3.09. The summed E-state index contributed by atoms with van der Waals surface area (Å²) in [5.74, 6) is 1.13. The first-order chi connectivity index (χ1) is 8.33. The number of fused-ring (bicyclic) bond motifs is 1. The first-order valence-corrected chi connectivity index (χ1v) is 6.53. The Morgan fingerprint density at radius 3 is 3.18 bits per heavy atom. The van der Waals surface area contributed by atoms with Crippen LogP contribution in [0.3, 0.4) is 0 Å². The van der Waals surface area contributed by atoms with Gasteiger partial charge in [0.15, 0.2) is 0 Å². The van der Waals surface area contributed by atoms with Crippen LogP contribution in [0.2, 0.25) is 0 Å². The van der Waals surface area contributed by atoms with Crippen LogP contribution in [0.15, 0.2) is 39.7 Å². The third-order valence-corrected chi connectivity index (χ3v) is 3.52. The van der Waals surface area contributed by atoms with Crippen LogP contribution in [-0.2, 0) is 13.0 Å². The van der Waals surface area contributed by atoms with Gasteiger partial charge in [0.2, 0.25) is 0 Å². The molecule has 0 spiro atoms. The van der Waals surface area contributed by atoms with Gasteiger partial charge in [0.25, 0.3) is 0 Å². The molecule has 2 aromatic heterocycles. The smallest absolute Gasteiger partial charge is 0.108 e. The van der Waals surface area contributed by atoms with Crippen molar-refractivity contribution in [3.05, 3.63) is 46.6 Å². The number of furan rings is 1. The molecule has 4 heteroatoms. The van der Waals surface area contributed by atoms with E-state index in [1.165, 1.54) is 5.56 Å². The molecule has 3 nitrogen and oxygen atoms in total. The molecule has 0 saturated heterocycles. The molecule has 0 bridgehead atoms. The van der Waals surface area contributed by atoms with Crippen molar-refractivity contribution < 1.29 is 4.42 Å². The van der Waals surface area contributed by atoms with Crippen LogP contribution >= 0.6 is 15.9 Å². The predicted octanol–water partition coefficient (Wildman–Crippen LogP) is 3.39. The minimum absolute atomic E-state index is 0.907. The SMILES string of the molecule is Brc1cncc(N2CCCc3occc3C2)c1. The second kappa shape index (κ2) is 4.53. The Labute approximate surface area is 109 Å². The molecule has 0 saturated carbocycles. The van der Waals surface area contributed by atoms with E-state index in [0.29, 0.717) is 0 Å². The number of nitrogens with zero attached hydrogens (tertiary/aromatic N) is 2. The largest absolute Gasteiger partial charge is 0.469 e. The summed E-state index contributed by atoms with van der Waals surface area (Å²) in [6.07, 6.45) is 7.65. The predicted molar refractivity (Wildman–Crippen MR) is 70.0 cm³/mol. The van der Waals surface area contributed by atoms with E-state index in [9.17, 15) is 0 Å². The summed E-state index contributed by atoms with van der Waals surface area (Å²) in [5.41, 5.74) is 2.45. The summed E-state index contributed by atoms with van der Waals surface area (Å²) in [6.45, 7) is 1.95. The summed E-state index contributed by atoms with van der Waals surface area (Å²) in [4.78, 5) is 6.57. The Kier molecular flexibility index (Phi) is 2.89. The summed E-state index contributed by atoms with van der Waals surface area (Å²) >= 11 is 3.46. The molecule has 0 N–H and O–H groups in total. The van der Waals surface area contributed by atoms with E-state index < -0.39 is 0 Å². The van der Waals surface area contributed by atoms with E-state index >= 15 is 0 Å². The molecule has 88 valence electrons. The zero-order valence-electron chi connectivity index (χ0n) is 9.40. The maximum absolute atomic E-state index is 5.49. The highest BCUT2D eigenvalue weighted by Gasteiger charge is 2.17. The van der Waals surface area contributed by atoms with Gasteiger partial charge < -0.3 is 9.32 Å². The molecule has 0 unspecified atom stereocenters. The van der Waals surface area contributed by atoms with Crippen LogP contribution in [0, 0.1) is 0 Å². The molecule has 0 aliphatic carbocycles. The quantitative estimate of drug-likeness (QED) is 0.807. The third kappa shape index (κ3) is 2.22. The van der Waals surface area contributed by atoms with Crippen molar-refractivity contribution in [1.29, 1.82) is 0 Å². The average Bonchev–Trinajstić information content (AvgIpc) is 2.66. The number of aromatic nitrogens is 1. The lowest BCUT2D eigenvalue weighted by molar-refractivity contribution is 0.504. The Bertz CT molecular complexity index is 524. The second-order valence-corrected chi connectivity index (χ2v) is 5.17. The number of anilines is 1. The molecule has 1 aliphatic rings. The van der Waals surface area contributed by atoms with E-state index in [2.05, 4.69) is 37.9 Å². The van der Waals surface area contributed by atoms with Crippen molar-refractivity contribution in [1.82, 2.24) is 4.98 Å². The summed E-state index contributed by atoms with van der Waals surface area (Å²) in [6, 6.07) is 4.18. The lowest BCUT2D eigenvalue weighted by Gasteiger charge is -2.22. The van der Waals surface area contributed by atoms with Crippen molar-refractivity contribution in [2.75, 3.05) is 11.4 Å². The van der Waals surface area contributed by atoms with Gasteiger partial charge in [0, 0.05) is 35.7 Å². The fourth-order valence-corrected chi connectivity index (χ4v) is 2.59. The van der Waals surface area contributed by atoms with Crippen LogP contribution in [-0.4, -0.2) is 11.5 Å². The van der Waals surface area contributed by atoms with Gasteiger partial charge in [-0.1, -0.05) is 0 Å². The van der Waals surface area contributed by atoms with Gasteiger partial charge in [-0.2, -0.15) is 0 Å². The molecule has 3 heterocycles. The number of hydrogen-bond acceptors (Lipinski definition) is 3. The Hall–Kier alpha value is -1.29. The fraction of sp³-hybridized carbons (Fsp3) is 0.308. The minimum Gasteiger partial charge on any atom is -0.469 e. The number of halogens is 1. The lowest BCUT2D eigenvalue weighted by Crippen LogP contribution is -2.22. The summed E-state index contributed by atoms with van der Waals surface area (Å²) < 4.78 is 6.51. The highest BCUT2D eigenvalue weighted by molar-refractivity contribution is 9.10. The standard InChI is InChI=1S/C13H13BrN2O/c14-11-6-12(8-15-7-11)16-4-1-2-13-10(9-16)3-5-17-13/h3,5-8H,1-2,4,9H2. The van der Waals surface area contributed by atoms with Gasteiger partial charge in [-0.05, 0) is 34.5 Å². The zero-order valence-corrected chi connectivity index (χ0v) is 11.0. The monoisotopic (exact) mass is 292 g/mol. The molecule has 0 radical (unpaired) electrons. The summed E-state index contributed by atoms with van der Waals surface area (Å²) in [7, 11) is 0. The normalized spacial score (nSPS) is 15.5. The van der Waals surface area contributed by atoms with Crippen LogP contribution in [0.5, 0.6) is 0 Å².